The van der Waals surface area contributed by atoms with Gasteiger partial charge in [-0.1, -0.05) is 0 Å². The van der Waals surface area contributed by atoms with Gasteiger partial charge in [-0.25, -0.2) is 0 Å². The van der Waals surface area contributed by atoms with Gasteiger partial charge >= 0.3 is 0 Å². The summed E-state index contributed by atoms with van der Waals surface area (Å²) in [5, 5.41) is 12.5. The van der Waals surface area contributed by atoms with Gasteiger partial charge in [0.25, 0.3) is 11.3 Å². The van der Waals surface area contributed by atoms with Gasteiger partial charge in [0.15, 0.2) is 0 Å². The minimum atomic E-state index is -0.458. The van der Waals surface area contributed by atoms with Crippen LogP contribution in [0.3, 0.4) is 0 Å². The van der Waals surface area contributed by atoms with Crippen LogP contribution in [0.4, 0.5) is 0 Å². The van der Waals surface area contributed by atoms with E-state index in [-0.39, 0.29) is 11.4 Å². The van der Waals surface area contributed by atoms with Gasteiger partial charge in [-0.15, -0.1) is 5.10 Å². The van der Waals surface area contributed by atoms with Crippen LogP contribution < -0.4 is 10.2 Å². The highest BCUT2D eigenvalue weighted by molar-refractivity contribution is 5.35. The van der Waals surface area contributed by atoms with Crippen molar-refractivity contribution in [1.82, 2.24) is 9.78 Å². The molecule has 0 saturated carbocycles. The summed E-state index contributed by atoms with van der Waals surface area (Å²) in [5.41, 5.74) is 0.156. The lowest BCUT2D eigenvalue weighted by atomic mass is 10.2. The fourth-order valence-corrected chi connectivity index (χ4v) is 0.955. The maximum atomic E-state index is 11.4. The van der Waals surface area contributed by atoms with Crippen molar-refractivity contribution in [3.8, 4) is 11.9 Å². The Balaban J connectivity index is 3.61. The monoisotopic (exact) mass is 179 g/mol. The SMILES string of the molecule is COc1nn(C)c(C)c(C#N)c1=O. The molecule has 0 bridgehead atoms. The first-order chi connectivity index (χ1) is 6.11. The third kappa shape index (κ3) is 1.38. The maximum absolute atomic E-state index is 11.4. The summed E-state index contributed by atoms with van der Waals surface area (Å²) in [6.07, 6.45) is 0. The molecular formula is C8H9N3O2. The maximum Gasteiger partial charge on any atom is 0.280 e. The third-order valence-corrected chi connectivity index (χ3v) is 1.81. The van der Waals surface area contributed by atoms with E-state index < -0.39 is 5.43 Å². The number of rotatable bonds is 1. The highest BCUT2D eigenvalue weighted by atomic mass is 16.5. The molecule has 0 aliphatic heterocycles. The second-order valence-electron chi connectivity index (χ2n) is 2.53. The molecule has 68 valence electrons. The molecule has 5 nitrogen and oxygen atoms in total. The van der Waals surface area contributed by atoms with Gasteiger partial charge in [0, 0.05) is 7.05 Å². The Bertz CT molecular complexity index is 428. The minimum Gasteiger partial charge on any atom is -0.477 e. The van der Waals surface area contributed by atoms with Crippen LogP contribution in [-0.2, 0) is 7.05 Å². The summed E-state index contributed by atoms with van der Waals surface area (Å²) in [7, 11) is 3.00. The van der Waals surface area contributed by atoms with E-state index >= 15 is 0 Å². The van der Waals surface area contributed by atoms with Crippen LogP contribution in [-0.4, -0.2) is 16.9 Å². The van der Waals surface area contributed by atoms with Crippen LogP contribution in [0, 0.1) is 18.3 Å². The Morgan fingerprint density at radius 3 is 2.69 bits per heavy atom. The Morgan fingerprint density at radius 1 is 1.62 bits per heavy atom. The predicted molar refractivity (Wildman–Crippen MR) is 45.5 cm³/mol. The topological polar surface area (TPSA) is 67.9 Å². The van der Waals surface area contributed by atoms with Gasteiger partial charge in [0.05, 0.1) is 12.8 Å². The molecule has 0 N–H and O–H groups in total. The fraction of sp³-hybridized carbons (Fsp3) is 0.375. The van der Waals surface area contributed by atoms with Crippen LogP contribution in [0.2, 0.25) is 0 Å². The molecule has 1 heterocycles. The third-order valence-electron chi connectivity index (χ3n) is 1.81. The van der Waals surface area contributed by atoms with Gasteiger partial charge in [0.1, 0.15) is 11.6 Å². The summed E-state index contributed by atoms with van der Waals surface area (Å²) in [5.74, 6) is -0.0512. The van der Waals surface area contributed by atoms with Crippen molar-refractivity contribution in [2.24, 2.45) is 7.05 Å². The molecule has 0 amide bonds. The quantitative estimate of drug-likeness (QED) is 0.607. The zero-order valence-electron chi connectivity index (χ0n) is 7.66. The zero-order chi connectivity index (χ0) is 10.0. The number of hydrogen-bond acceptors (Lipinski definition) is 4. The predicted octanol–water partition coefficient (Wildman–Crippen LogP) is -0.0310. The van der Waals surface area contributed by atoms with Gasteiger partial charge in [-0.2, -0.15) is 5.26 Å². The standard InChI is InChI=1S/C8H9N3O2/c1-5-6(4-9)7(12)8(13-3)10-11(5)2/h1-3H3. The Labute approximate surface area is 75.2 Å². The van der Waals surface area contributed by atoms with E-state index in [0.29, 0.717) is 5.69 Å². The van der Waals surface area contributed by atoms with E-state index in [0.717, 1.165) is 0 Å². The average molecular weight is 179 g/mol. The smallest absolute Gasteiger partial charge is 0.280 e. The highest BCUT2D eigenvalue weighted by Crippen LogP contribution is 2.03. The van der Waals surface area contributed by atoms with Gasteiger partial charge in [-0.05, 0) is 6.92 Å². The zero-order valence-corrected chi connectivity index (χ0v) is 7.66. The second-order valence-corrected chi connectivity index (χ2v) is 2.53. The number of aromatic nitrogens is 2. The molecule has 5 heteroatoms. The Kier molecular flexibility index (Phi) is 2.33. The van der Waals surface area contributed by atoms with Gasteiger partial charge < -0.3 is 4.74 Å². The van der Waals surface area contributed by atoms with Crippen molar-refractivity contribution < 1.29 is 4.74 Å². The molecule has 0 aromatic carbocycles. The first-order valence-electron chi connectivity index (χ1n) is 3.63. The number of methoxy groups -OCH3 is 1. The molecular weight excluding hydrogens is 170 g/mol. The number of ether oxygens (including phenoxy) is 1. The van der Waals surface area contributed by atoms with Gasteiger partial charge in [-0.3, -0.25) is 9.48 Å². The Hall–Kier alpha value is -1.83. The average Bonchev–Trinajstić information content (AvgIpc) is 2.12. The molecule has 1 aromatic heterocycles. The van der Waals surface area contributed by atoms with Crippen LogP contribution in [0.1, 0.15) is 11.3 Å². The molecule has 0 aliphatic rings. The van der Waals surface area contributed by atoms with E-state index in [9.17, 15) is 4.79 Å². The van der Waals surface area contributed by atoms with Crippen LogP contribution >= 0.6 is 0 Å². The van der Waals surface area contributed by atoms with Crippen molar-refractivity contribution in [3.05, 3.63) is 21.5 Å². The van der Waals surface area contributed by atoms with E-state index in [2.05, 4.69) is 5.10 Å². The van der Waals surface area contributed by atoms with Crippen LogP contribution in [0.5, 0.6) is 5.88 Å². The number of nitriles is 1. The lowest BCUT2D eigenvalue weighted by Crippen LogP contribution is -2.19. The van der Waals surface area contributed by atoms with Crippen molar-refractivity contribution >= 4 is 0 Å². The van der Waals surface area contributed by atoms with Crippen molar-refractivity contribution in [2.45, 2.75) is 6.92 Å². The van der Waals surface area contributed by atoms with Crippen molar-refractivity contribution in [1.29, 1.82) is 5.26 Å². The number of hydrogen-bond donors (Lipinski definition) is 0. The normalized spacial score (nSPS) is 9.38. The van der Waals surface area contributed by atoms with Crippen molar-refractivity contribution in [3.63, 3.8) is 0 Å². The summed E-state index contributed by atoms with van der Waals surface area (Å²) in [6.45, 7) is 1.66. The first-order valence-corrected chi connectivity index (χ1v) is 3.63. The first kappa shape index (κ1) is 9.26. The molecule has 0 radical (unpaired) electrons. The molecule has 0 aliphatic carbocycles. The largest absolute Gasteiger partial charge is 0.477 e. The molecule has 1 rings (SSSR count). The fourth-order valence-electron chi connectivity index (χ4n) is 0.955. The molecule has 0 spiro atoms. The van der Waals surface area contributed by atoms with Crippen LogP contribution in [0.25, 0.3) is 0 Å². The summed E-state index contributed by atoms with van der Waals surface area (Å²) in [6, 6.07) is 1.83. The van der Waals surface area contributed by atoms with Gasteiger partial charge in [0.2, 0.25) is 0 Å². The minimum absolute atomic E-state index is 0.0512. The summed E-state index contributed by atoms with van der Waals surface area (Å²) < 4.78 is 6.17. The Morgan fingerprint density at radius 2 is 2.23 bits per heavy atom. The summed E-state index contributed by atoms with van der Waals surface area (Å²) >= 11 is 0. The lowest BCUT2D eigenvalue weighted by molar-refractivity contribution is 0.377. The molecule has 0 fully saturated rings. The molecule has 0 unspecified atom stereocenters. The van der Waals surface area contributed by atoms with E-state index in [1.165, 1.54) is 11.8 Å². The number of nitrogens with zero attached hydrogens (tertiary/aromatic N) is 3. The van der Waals surface area contributed by atoms with E-state index in [1.807, 2.05) is 6.07 Å². The highest BCUT2D eigenvalue weighted by Gasteiger charge is 2.11. The molecule has 1 aromatic rings. The van der Waals surface area contributed by atoms with Crippen LogP contribution in [0.15, 0.2) is 4.79 Å². The van der Waals surface area contributed by atoms with E-state index in [4.69, 9.17) is 10.00 Å². The molecule has 0 atom stereocenters. The lowest BCUT2D eigenvalue weighted by Gasteiger charge is -2.05. The van der Waals surface area contributed by atoms with E-state index in [1.54, 1.807) is 14.0 Å². The molecule has 13 heavy (non-hydrogen) atoms. The summed E-state index contributed by atoms with van der Waals surface area (Å²) in [4.78, 5) is 11.4. The van der Waals surface area contributed by atoms with Crippen molar-refractivity contribution in [2.75, 3.05) is 7.11 Å². The second kappa shape index (κ2) is 3.27. The number of aryl methyl sites for hydroxylation is 1. The molecule has 0 saturated heterocycles.